The van der Waals surface area contributed by atoms with Gasteiger partial charge in [-0.25, -0.2) is 9.97 Å². The van der Waals surface area contributed by atoms with Crippen molar-refractivity contribution in [2.24, 2.45) is 5.92 Å². The van der Waals surface area contributed by atoms with Crippen LogP contribution >= 0.6 is 0 Å². The molecule has 36 heavy (non-hydrogen) atoms. The smallest absolute Gasteiger partial charge is 0.227 e. The van der Waals surface area contributed by atoms with Crippen molar-refractivity contribution in [3.05, 3.63) is 48.2 Å². The van der Waals surface area contributed by atoms with Crippen molar-refractivity contribution in [1.82, 2.24) is 14.9 Å². The maximum Gasteiger partial charge on any atom is 0.227 e. The molecule has 1 atom stereocenters. The van der Waals surface area contributed by atoms with Gasteiger partial charge in [-0.2, -0.15) is 0 Å². The third-order valence-electron chi connectivity index (χ3n) is 7.23. The van der Waals surface area contributed by atoms with E-state index in [2.05, 4.69) is 15.9 Å². The number of fused-ring (bicyclic) bond motifs is 1. The van der Waals surface area contributed by atoms with Crippen LogP contribution in [0.3, 0.4) is 0 Å². The molecular formula is C28H35N5O3. The molecule has 5 rings (SSSR count). The van der Waals surface area contributed by atoms with E-state index in [0.29, 0.717) is 19.1 Å². The van der Waals surface area contributed by atoms with E-state index in [0.717, 1.165) is 79.3 Å². The first-order valence-corrected chi connectivity index (χ1v) is 12.9. The van der Waals surface area contributed by atoms with Crippen molar-refractivity contribution in [2.75, 3.05) is 62.8 Å². The van der Waals surface area contributed by atoms with E-state index in [1.807, 2.05) is 55.1 Å². The second-order valence-corrected chi connectivity index (χ2v) is 9.49. The van der Waals surface area contributed by atoms with Crippen molar-refractivity contribution in [3.8, 4) is 11.5 Å². The molecule has 2 aliphatic rings. The van der Waals surface area contributed by atoms with Gasteiger partial charge in [0, 0.05) is 44.7 Å². The minimum Gasteiger partial charge on any atom is -0.495 e. The minimum absolute atomic E-state index is 0.0310. The Morgan fingerprint density at radius 2 is 1.83 bits per heavy atom. The number of aromatic nitrogens is 2. The van der Waals surface area contributed by atoms with Gasteiger partial charge in [0.15, 0.2) is 0 Å². The van der Waals surface area contributed by atoms with Crippen LogP contribution in [0.25, 0.3) is 10.9 Å². The molecule has 0 N–H and O–H groups in total. The Bertz CT molecular complexity index is 1230. The molecule has 0 aliphatic carbocycles. The zero-order valence-corrected chi connectivity index (χ0v) is 21.4. The van der Waals surface area contributed by atoms with E-state index >= 15 is 0 Å². The summed E-state index contributed by atoms with van der Waals surface area (Å²) in [7, 11) is 1.70. The first kappa shape index (κ1) is 24.2. The molecule has 1 amide bonds. The van der Waals surface area contributed by atoms with E-state index in [1.165, 1.54) is 0 Å². The third-order valence-corrected chi connectivity index (χ3v) is 7.23. The molecule has 2 saturated heterocycles. The Kier molecular flexibility index (Phi) is 7.11. The highest BCUT2D eigenvalue weighted by molar-refractivity contribution is 5.84. The third kappa shape index (κ3) is 4.90. The Balaban J connectivity index is 1.25. The lowest BCUT2D eigenvalue weighted by molar-refractivity contribution is -0.136. The highest BCUT2D eigenvalue weighted by Crippen LogP contribution is 2.30. The lowest BCUT2D eigenvalue weighted by atomic mass is 9.96. The zero-order chi connectivity index (χ0) is 25.1. The number of ether oxygens (including phenoxy) is 2. The van der Waals surface area contributed by atoms with Gasteiger partial charge in [-0.1, -0.05) is 12.1 Å². The van der Waals surface area contributed by atoms with Gasteiger partial charge in [0.25, 0.3) is 0 Å². The molecule has 0 bridgehead atoms. The van der Waals surface area contributed by atoms with Crippen LogP contribution in [0.2, 0.25) is 0 Å². The summed E-state index contributed by atoms with van der Waals surface area (Å²) in [5.74, 6) is 2.64. The van der Waals surface area contributed by atoms with Gasteiger partial charge in [-0.3, -0.25) is 4.79 Å². The van der Waals surface area contributed by atoms with Crippen molar-refractivity contribution >= 4 is 28.4 Å². The monoisotopic (exact) mass is 489 g/mol. The van der Waals surface area contributed by atoms with Crippen LogP contribution in [-0.2, 0) is 4.79 Å². The summed E-state index contributed by atoms with van der Waals surface area (Å²) in [5, 5.41) is 1.00. The molecule has 190 valence electrons. The Morgan fingerprint density at radius 1 is 1.03 bits per heavy atom. The average Bonchev–Trinajstić information content (AvgIpc) is 2.93. The quantitative estimate of drug-likeness (QED) is 0.520. The fourth-order valence-electron chi connectivity index (χ4n) is 5.32. The van der Waals surface area contributed by atoms with Gasteiger partial charge in [0.05, 0.1) is 36.5 Å². The summed E-state index contributed by atoms with van der Waals surface area (Å²) in [4.78, 5) is 29.6. The fraction of sp³-hybridized carbons (Fsp3) is 0.464. The molecule has 3 aromatic rings. The molecule has 2 fully saturated rings. The van der Waals surface area contributed by atoms with E-state index in [9.17, 15) is 4.79 Å². The number of rotatable bonds is 6. The number of methoxy groups -OCH3 is 1. The number of carbonyl (C=O) groups excluding carboxylic acids is 1. The highest BCUT2D eigenvalue weighted by Gasteiger charge is 2.32. The number of aryl methyl sites for hydroxylation is 1. The minimum atomic E-state index is -0.0310. The second kappa shape index (κ2) is 10.6. The topological polar surface area (TPSA) is 71.0 Å². The molecule has 0 spiro atoms. The number of benzene rings is 2. The fourth-order valence-corrected chi connectivity index (χ4v) is 5.32. The first-order valence-electron chi connectivity index (χ1n) is 12.9. The molecule has 8 nitrogen and oxygen atoms in total. The van der Waals surface area contributed by atoms with Crippen molar-refractivity contribution in [1.29, 1.82) is 0 Å². The summed E-state index contributed by atoms with van der Waals surface area (Å²) in [6.07, 6.45) is 1.87. The molecule has 0 radical (unpaired) electrons. The molecular weight excluding hydrogens is 454 g/mol. The number of nitrogens with zero attached hydrogens (tertiary/aromatic N) is 5. The van der Waals surface area contributed by atoms with Crippen LogP contribution in [0, 0.1) is 12.8 Å². The predicted octanol–water partition coefficient (Wildman–Crippen LogP) is 3.91. The average molecular weight is 490 g/mol. The van der Waals surface area contributed by atoms with E-state index in [-0.39, 0.29) is 11.8 Å². The summed E-state index contributed by atoms with van der Waals surface area (Å²) < 4.78 is 11.2. The van der Waals surface area contributed by atoms with Gasteiger partial charge in [0.2, 0.25) is 11.9 Å². The van der Waals surface area contributed by atoms with Gasteiger partial charge < -0.3 is 24.2 Å². The van der Waals surface area contributed by atoms with Crippen LogP contribution in [0.1, 0.15) is 25.5 Å². The van der Waals surface area contributed by atoms with Gasteiger partial charge >= 0.3 is 0 Å². The van der Waals surface area contributed by atoms with Crippen LogP contribution in [0.15, 0.2) is 42.5 Å². The van der Waals surface area contributed by atoms with Gasteiger partial charge in [-0.15, -0.1) is 0 Å². The molecule has 2 aromatic carbocycles. The number of piperazine rings is 1. The van der Waals surface area contributed by atoms with Crippen molar-refractivity contribution in [2.45, 2.75) is 26.7 Å². The molecule has 0 unspecified atom stereocenters. The van der Waals surface area contributed by atoms with Crippen LogP contribution < -0.4 is 19.3 Å². The first-order chi connectivity index (χ1) is 17.6. The van der Waals surface area contributed by atoms with E-state index in [4.69, 9.17) is 19.4 Å². The van der Waals surface area contributed by atoms with Gasteiger partial charge in [0.1, 0.15) is 11.5 Å². The largest absolute Gasteiger partial charge is 0.495 e. The lowest BCUT2D eigenvalue weighted by Crippen LogP contribution is -2.52. The number of hydrogen-bond acceptors (Lipinski definition) is 7. The molecule has 3 heterocycles. The normalized spacial score (nSPS) is 18.4. The van der Waals surface area contributed by atoms with Crippen molar-refractivity contribution < 1.29 is 14.3 Å². The van der Waals surface area contributed by atoms with E-state index < -0.39 is 0 Å². The van der Waals surface area contributed by atoms with E-state index in [1.54, 1.807) is 7.11 Å². The van der Waals surface area contributed by atoms with Crippen LogP contribution in [0.4, 0.5) is 11.6 Å². The maximum atomic E-state index is 13.5. The lowest BCUT2D eigenvalue weighted by Gasteiger charge is -2.40. The number of piperidine rings is 1. The zero-order valence-electron chi connectivity index (χ0n) is 21.4. The summed E-state index contributed by atoms with van der Waals surface area (Å²) >= 11 is 0. The molecule has 0 saturated carbocycles. The number of hydrogen-bond donors (Lipinski definition) is 0. The van der Waals surface area contributed by atoms with Crippen LogP contribution in [0.5, 0.6) is 11.5 Å². The summed E-state index contributed by atoms with van der Waals surface area (Å²) in [6.45, 7) is 9.20. The van der Waals surface area contributed by atoms with Crippen LogP contribution in [-0.4, -0.2) is 73.8 Å². The SMILES string of the molecule is CCOc1ccc2nc(N3CCC[C@@H](C(=O)N4CCN(c5ccccc5OC)CC4)C3)nc(C)c2c1. The number of anilines is 2. The summed E-state index contributed by atoms with van der Waals surface area (Å²) in [6, 6.07) is 14.0. The Morgan fingerprint density at radius 3 is 2.61 bits per heavy atom. The standard InChI is InChI=1S/C28H35N5O3/c1-4-36-22-11-12-24-23(18-22)20(2)29-28(30-24)33-13-7-8-21(19-33)27(34)32-16-14-31(15-17-32)25-9-5-6-10-26(25)35-3/h5-6,9-12,18,21H,4,7-8,13-17,19H2,1-3H3/t21-/m1/s1. The highest BCUT2D eigenvalue weighted by atomic mass is 16.5. The molecule has 1 aromatic heterocycles. The second-order valence-electron chi connectivity index (χ2n) is 9.49. The Hall–Kier alpha value is -3.55. The molecule has 8 heteroatoms. The summed E-state index contributed by atoms with van der Waals surface area (Å²) in [5.41, 5.74) is 2.92. The number of amides is 1. The Labute approximate surface area is 212 Å². The number of carbonyl (C=O) groups is 1. The van der Waals surface area contributed by atoms with Crippen molar-refractivity contribution in [3.63, 3.8) is 0 Å². The maximum absolute atomic E-state index is 13.5. The molecule has 2 aliphatic heterocycles. The predicted molar refractivity (Wildman–Crippen MR) is 142 cm³/mol. The number of para-hydroxylation sites is 2. The van der Waals surface area contributed by atoms with Gasteiger partial charge in [-0.05, 0) is 57.0 Å².